The minimum absolute atomic E-state index is 0.128. The van der Waals surface area contributed by atoms with Crippen molar-refractivity contribution in [2.24, 2.45) is 0 Å². The third-order valence-corrected chi connectivity index (χ3v) is 5.25. The number of benzene rings is 1. The van der Waals surface area contributed by atoms with Gasteiger partial charge in [-0.1, -0.05) is 32.3 Å². The minimum atomic E-state index is -0.826. The highest BCUT2D eigenvalue weighted by Gasteiger charge is 2.40. The van der Waals surface area contributed by atoms with E-state index in [0.717, 1.165) is 24.8 Å². The molecule has 7 nitrogen and oxygen atoms in total. The maximum absolute atomic E-state index is 12.7. The van der Waals surface area contributed by atoms with Gasteiger partial charge in [0.2, 0.25) is 5.91 Å². The zero-order valence-corrected chi connectivity index (χ0v) is 16.7. The van der Waals surface area contributed by atoms with Gasteiger partial charge < -0.3 is 25.4 Å². The highest BCUT2D eigenvalue weighted by atomic mass is 16.5. The number of amides is 3. The largest absolute Gasteiger partial charge is 0.493 e. The molecule has 0 bridgehead atoms. The highest BCUT2D eigenvalue weighted by Crippen LogP contribution is 2.31. The maximum atomic E-state index is 12.7. The molecule has 0 heterocycles. The fourth-order valence-corrected chi connectivity index (χ4v) is 3.71. The molecule has 1 fully saturated rings. The molecular formula is C20H31N3O4. The Kier molecular flexibility index (Phi) is 7.33. The van der Waals surface area contributed by atoms with Crippen molar-refractivity contribution in [2.75, 3.05) is 21.3 Å². The lowest BCUT2D eigenvalue weighted by Gasteiger charge is -2.36. The van der Waals surface area contributed by atoms with Crippen molar-refractivity contribution < 1.29 is 19.1 Å². The summed E-state index contributed by atoms with van der Waals surface area (Å²) in [6, 6.07) is 5.06. The summed E-state index contributed by atoms with van der Waals surface area (Å²) in [5.74, 6) is 1.13. The molecule has 1 aromatic carbocycles. The summed E-state index contributed by atoms with van der Waals surface area (Å²) in [5.41, 5.74) is 0.0930. The van der Waals surface area contributed by atoms with E-state index in [4.69, 9.17) is 9.47 Å². The van der Waals surface area contributed by atoms with Crippen LogP contribution in [0.1, 0.15) is 57.1 Å². The number of hydrogen-bond acceptors (Lipinski definition) is 4. The van der Waals surface area contributed by atoms with Gasteiger partial charge in [0.1, 0.15) is 5.54 Å². The third kappa shape index (κ3) is 4.84. The van der Waals surface area contributed by atoms with E-state index in [1.807, 2.05) is 25.1 Å². The Bertz CT molecular complexity index is 657. The topological polar surface area (TPSA) is 88.7 Å². The number of hydrogen-bond donors (Lipinski definition) is 3. The van der Waals surface area contributed by atoms with Gasteiger partial charge in [0.15, 0.2) is 11.5 Å². The van der Waals surface area contributed by atoms with Crippen LogP contribution in [-0.2, 0) is 4.79 Å². The monoisotopic (exact) mass is 377 g/mol. The van der Waals surface area contributed by atoms with Crippen molar-refractivity contribution in [3.8, 4) is 11.5 Å². The van der Waals surface area contributed by atoms with Gasteiger partial charge in [-0.05, 0) is 37.0 Å². The van der Waals surface area contributed by atoms with E-state index in [9.17, 15) is 9.59 Å². The van der Waals surface area contributed by atoms with Crippen LogP contribution in [0.25, 0.3) is 0 Å². The number of rotatable bonds is 7. The van der Waals surface area contributed by atoms with Gasteiger partial charge in [0.25, 0.3) is 0 Å². The molecule has 1 unspecified atom stereocenters. The average molecular weight is 377 g/mol. The van der Waals surface area contributed by atoms with Crippen molar-refractivity contribution in [3.05, 3.63) is 23.8 Å². The Morgan fingerprint density at radius 3 is 2.33 bits per heavy atom. The number of ether oxygens (including phenoxy) is 2. The first-order chi connectivity index (χ1) is 13.0. The van der Waals surface area contributed by atoms with Crippen LogP contribution in [0, 0.1) is 0 Å². The molecule has 1 aliphatic carbocycles. The van der Waals surface area contributed by atoms with E-state index in [-0.39, 0.29) is 18.0 Å². The second kappa shape index (κ2) is 9.48. The van der Waals surface area contributed by atoms with E-state index in [0.29, 0.717) is 30.8 Å². The average Bonchev–Trinajstić information content (AvgIpc) is 2.71. The lowest BCUT2D eigenvalue weighted by atomic mass is 9.81. The first-order valence-electron chi connectivity index (χ1n) is 9.52. The molecule has 150 valence electrons. The second-order valence-corrected chi connectivity index (χ2v) is 6.90. The molecule has 3 N–H and O–H groups in total. The predicted octanol–water partition coefficient (Wildman–Crippen LogP) is 2.90. The Morgan fingerprint density at radius 1 is 1.11 bits per heavy atom. The van der Waals surface area contributed by atoms with Crippen molar-refractivity contribution in [3.63, 3.8) is 0 Å². The van der Waals surface area contributed by atoms with Crippen LogP contribution in [0.3, 0.4) is 0 Å². The molecule has 0 radical (unpaired) electrons. The Labute approximate surface area is 161 Å². The maximum Gasteiger partial charge on any atom is 0.316 e. The highest BCUT2D eigenvalue weighted by molar-refractivity contribution is 5.91. The number of carbonyl (C=O) groups excluding carboxylic acids is 2. The van der Waals surface area contributed by atoms with Gasteiger partial charge in [0, 0.05) is 7.05 Å². The zero-order valence-electron chi connectivity index (χ0n) is 16.7. The number of nitrogens with one attached hydrogen (secondary N) is 3. The van der Waals surface area contributed by atoms with Gasteiger partial charge in [0.05, 0.1) is 20.3 Å². The molecule has 0 spiro atoms. The van der Waals surface area contributed by atoms with E-state index < -0.39 is 5.54 Å². The fourth-order valence-electron chi connectivity index (χ4n) is 3.71. The first kappa shape index (κ1) is 20.9. The SMILES string of the molecule is CCC(NC(=O)NC1(C(=O)NC)CCCCC1)c1ccc(OC)c(OC)c1. The van der Waals surface area contributed by atoms with Crippen LogP contribution < -0.4 is 25.4 Å². The van der Waals surface area contributed by atoms with E-state index in [1.165, 1.54) is 0 Å². The Balaban J connectivity index is 2.13. The van der Waals surface area contributed by atoms with Crippen molar-refractivity contribution in [2.45, 2.75) is 57.0 Å². The van der Waals surface area contributed by atoms with Crippen LogP contribution >= 0.6 is 0 Å². The van der Waals surface area contributed by atoms with E-state index in [2.05, 4.69) is 16.0 Å². The van der Waals surface area contributed by atoms with Gasteiger partial charge in [-0.25, -0.2) is 4.79 Å². The lowest BCUT2D eigenvalue weighted by Crippen LogP contribution is -2.61. The van der Waals surface area contributed by atoms with Crippen molar-refractivity contribution in [1.29, 1.82) is 0 Å². The molecule has 0 aromatic heterocycles. The molecule has 1 saturated carbocycles. The summed E-state index contributed by atoms with van der Waals surface area (Å²) in [6.07, 6.45) is 4.98. The standard InChI is InChI=1S/C20H31N3O4/c1-5-15(14-9-10-16(26-3)17(13-14)27-4)22-19(25)23-20(18(24)21-2)11-7-6-8-12-20/h9-10,13,15H,5-8,11-12H2,1-4H3,(H,21,24)(H2,22,23,25). The fraction of sp³-hybridized carbons (Fsp3) is 0.600. The molecule has 7 heteroatoms. The molecule has 0 saturated heterocycles. The molecule has 1 atom stereocenters. The Morgan fingerprint density at radius 2 is 1.78 bits per heavy atom. The normalized spacial score (nSPS) is 16.7. The van der Waals surface area contributed by atoms with Crippen molar-refractivity contribution >= 4 is 11.9 Å². The summed E-state index contributed by atoms with van der Waals surface area (Å²) in [7, 11) is 4.78. The number of carbonyl (C=O) groups is 2. The van der Waals surface area contributed by atoms with Crippen LogP contribution in [0.2, 0.25) is 0 Å². The second-order valence-electron chi connectivity index (χ2n) is 6.90. The molecule has 27 heavy (non-hydrogen) atoms. The smallest absolute Gasteiger partial charge is 0.316 e. The first-order valence-corrected chi connectivity index (χ1v) is 9.52. The number of urea groups is 1. The molecule has 1 aliphatic rings. The van der Waals surface area contributed by atoms with Crippen LogP contribution in [0.5, 0.6) is 11.5 Å². The number of methoxy groups -OCH3 is 2. The molecule has 3 amide bonds. The molecular weight excluding hydrogens is 346 g/mol. The Hall–Kier alpha value is -2.44. The molecule has 2 rings (SSSR count). The summed E-state index contributed by atoms with van der Waals surface area (Å²) >= 11 is 0. The minimum Gasteiger partial charge on any atom is -0.493 e. The van der Waals surface area contributed by atoms with E-state index >= 15 is 0 Å². The van der Waals surface area contributed by atoms with Gasteiger partial charge >= 0.3 is 6.03 Å². The summed E-state index contributed by atoms with van der Waals surface area (Å²) < 4.78 is 10.6. The van der Waals surface area contributed by atoms with Gasteiger partial charge in [-0.2, -0.15) is 0 Å². The van der Waals surface area contributed by atoms with Gasteiger partial charge in [-0.3, -0.25) is 4.79 Å². The van der Waals surface area contributed by atoms with Crippen LogP contribution in [-0.4, -0.2) is 38.7 Å². The zero-order chi connectivity index (χ0) is 19.9. The number of likely N-dealkylation sites (N-methyl/N-ethyl adjacent to an activating group) is 1. The van der Waals surface area contributed by atoms with Crippen LogP contribution in [0.15, 0.2) is 18.2 Å². The third-order valence-electron chi connectivity index (χ3n) is 5.25. The van der Waals surface area contributed by atoms with Gasteiger partial charge in [-0.15, -0.1) is 0 Å². The summed E-state index contributed by atoms with van der Waals surface area (Å²) in [6.45, 7) is 2.00. The van der Waals surface area contributed by atoms with Crippen molar-refractivity contribution in [1.82, 2.24) is 16.0 Å². The van der Waals surface area contributed by atoms with Crippen LogP contribution in [0.4, 0.5) is 4.79 Å². The lowest BCUT2D eigenvalue weighted by molar-refractivity contribution is -0.128. The molecule has 0 aliphatic heterocycles. The quantitative estimate of drug-likeness (QED) is 0.682. The van der Waals surface area contributed by atoms with E-state index in [1.54, 1.807) is 21.3 Å². The summed E-state index contributed by atoms with van der Waals surface area (Å²) in [5, 5.41) is 8.64. The molecule has 1 aromatic rings. The summed E-state index contributed by atoms with van der Waals surface area (Å²) in [4.78, 5) is 25.1. The predicted molar refractivity (Wildman–Crippen MR) is 104 cm³/mol.